The monoisotopic (exact) mass is 647 g/mol. The maximum Gasteiger partial charge on any atom is 0.328 e. The van der Waals surface area contributed by atoms with E-state index in [4.69, 9.17) is 10.5 Å². The minimum absolute atomic E-state index is 0.0179. The molecular formula is C37H70N6O3. The number of rotatable bonds is 19. The number of esters is 1. The van der Waals surface area contributed by atoms with E-state index >= 15 is 0 Å². The van der Waals surface area contributed by atoms with E-state index in [9.17, 15) is 9.59 Å². The zero-order valence-electron chi connectivity index (χ0n) is 30.1. The van der Waals surface area contributed by atoms with Gasteiger partial charge in [0.15, 0.2) is 0 Å². The van der Waals surface area contributed by atoms with E-state index in [0.717, 1.165) is 88.2 Å². The summed E-state index contributed by atoms with van der Waals surface area (Å²) in [5, 5.41) is 17.2. The number of hydrogen-bond donors (Lipinski definition) is 6. The van der Waals surface area contributed by atoms with Crippen LogP contribution in [0.15, 0.2) is 0 Å². The maximum absolute atomic E-state index is 12.7. The van der Waals surface area contributed by atoms with Crippen LogP contribution in [0.3, 0.4) is 0 Å². The van der Waals surface area contributed by atoms with E-state index in [1.54, 1.807) is 0 Å². The van der Waals surface area contributed by atoms with Gasteiger partial charge in [-0.25, -0.2) is 4.79 Å². The van der Waals surface area contributed by atoms with Gasteiger partial charge in [-0.3, -0.25) is 4.79 Å². The van der Waals surface area contributed by atoms with Crippen LogP contribution < -0.4 is 32.3 Å². The van der Waals surface area contributed by atoms with Crippen LogP contribution in [0.1, 0.15) is 105 Å². The second-order valence-corrected chi connectivity index (χ2v) is 16.1. The van der Waals surface area contributed by atoms with E-state index in [-0.39, 0.29) is 17.8 Å². The van der Waals surface area contributed by atoms with E-state index in [2.05, 4.69) is 40.4 Å². The molecule has 0 saturated heterocycles. The Hall–Kier alpha value is -1.26. The van der Waals surface area contributed by atoms with Crippen molar-refractivity contribution in [1.29, 1.82) is 0 Å². The highest BCUT2D eigenvalue weighted by atomic mass is 16.5. The van der Waals surface area contributed by atoms with Crippen LogP contribution in [0.5, 0.6) is 0 Å². The Kier molecular flexibility index (Phi) is 14.6. The molecule has 0 bridgehead atoms. The fourth-order valence-electron chi connectivity index (χ4n) is 10.6. The number of carbonyl (C=O) groups is 2. The summed E-state index contributed by atoms with van der Waals surface area (Å²) in [6.07, 6.45) is 14.9. The Bertz CT molecular complexity index is 950. The minimum Gasteiger partial charge on any atom is -0.467 e. The van der Waals surface area contributed by atoms with Gasteiger partial charge in [-0.15, -0.1) is 0 Å². The predicted molar refractivity (Wildman–Crippen MR) is 187 cm³/mol. The van der Waals surface area contributed by atoms with E-state index in [1.807, 2.05) is 13.8 Å². The largest absolute Gasteiger partial charge is 0.467 e. The Labute approximate surface area is 280 Å². The van der Waals surface area contributed by atoms with Crippen LogP contribution in [0.4, 0.5) is 0 Å². The van der Waals surface area contributed by atoms with Crippen LogP contribution in [0.25, 0.3) is 0 Å². The maximum atomic E-state index is 12.7. The van der Waals surface area contributed by atoms with Crippen molar-refractivity contribution in [3.63, 3.8) is 0 Å². The van der Waals surface area contributed by atoms with E-state index < -0.39 is 6.04 Å². The first-order chi connectivity index (χ1) is 22.1. The lowest BCUT2D eigenvalue weighted by Gasteiger charge is -2.61. The van der Waals surface area contributed by atoms with E-state index in [1.165, 1.54) is 64.9 Å². The molecule has 7 N–H and O–H groups in total. The molecule has 0 heterocycles. The molecule has 4 aliphatic rings. The van der Waals surface area contributed by atoms with Crippen LogP contribution in [0, 0.1) is 46.3 Å². The van der Waals surface area contributed by atoms with Crippen molar-refractivity contribution in [2.24, 2.45) is 52.1 Å². The number of methoxy groups -OCH3 is 1. The molecule has 4 fully saturated rings. The summed E-state index contributed by atoms with van der Waals surface area (Å²) < 4.78 is 4.90. The molecule has 0 aromatic heterocycles. The van der Waals surface area contributed by atoms with E-state index in [0.29, 0.717) is 29.8 Å². The Morgan fingerprint density at radius 3 is 2.15 bits per heavy atom. The molecule has 46 heavy (non-hydrogen) atoms. The summed E-state index contributed by atoms with van der Waals surface area (Å²) in [5.41, 5.74) is 6.44. The summed E-state index contributed by atoms with van der Waals surface area (Å²) in [6, 6.07) is 0.117. The normalized spacial score (nSPS) is 34.4. The average Bonchev–Trinajstić information content (AvgIpc) is 3.38. The molecular weight excluding hydrogens is 576 g/mol. The average molecular weight is 647 g/mol. The van der Waals surface area contributed by atoms with Crippen LogP contribution in [-0.4, -0.2) is 83.4 Å². The van der Waals surface area contributed by atoms with Crippen molar-refractivity contribution in [1.82, 2.24) is 26.6 Å². The number of ether oxygens (including phenoxy) is 1. The molecule has 0 aromatic rings. The smallest absolute Gasteiger partial charge is 0.328 e. The van der Waals surface area contributed by atoms with Gasteiger partial charge in [0.1, 0.15) is 6.04 Å². The third kappa shape index (κ3) is 9.25. The number of nitrogens with two attached hydrogens (primary N) is 1. The Morgan fingerprint density at radius 1 is 0.826 bits per heavy atom. The lowest BCUT2D eigenvalue weighted by Crippen LogP contribution is -2.55. The van der Waals surface area contributed by atoms with Crippen molar-refractivity contribution in [3.05, 3.63) is 0 Å². The zero-order valence-corrected chi connectivity index (χ0v) is 30.1. The molecule has 0 aromatic carbocycles. The first-order valence-electron chi connectivity index (χ1n) is 19.1. The molecule has 4 rings (SSSR count). The van der Waals surface area contributed by atoms with Crippen molar-refractivity contribution in [2.45, 2.75) is 117 Å². The Balaban J connectivity index is 1.17. The van der Waals surface area contributed by atoms with Gasteiger partial charge in [0.2, 0.25) is 5.91 Å². The van der Waals surface area contributed by atoms with Gasteiger partial charge in [-0.05, 0) is 117 Å². The first-order valence-corrected chi connectivity index (χ1v) is 19.1. The first kappa shape index (κ1) is 37.6. The fraction of sp³-hybridized carbons (Fsp3) is 0.946. The van der Waals surface area contributed by atoms with Gasteiger partial charge in [0, 0.05) is 64.8 Å². The topological polar surface area (TPSA) is 130 Å². The van der Waals surface area contributed by atoms with Gasteiger partial charge in [-0.2, -0.15) is 0 Å². The molecule has 9 unspecified atom stereocenters. The highest BCUT2D eigenvalue weighted by Gasteiger charge is 2.59. The quantitative estimate of drug-likeness (QED) is 0.0924. The second-order valence-electron chi connectivity index (χ2n) is 16.1. The van der Waals surface area contributed by atoms with Crippen LogP contribution >= 0.6 is 0 Å². The van der Waals surface area contributed by atoms with Crippen molar-refractivity contribution < 1.29 is 14.3 Å². The molecule has 0 spiro atoms. The molecule has 0 radical (unpaired) electrons. The summed E-state index contributed by atoms with van der Waals surface area (Å²) >= 11 is 0. The lowest BCUT2D eigenvalue weighted by molar-refractivity contribution is -0.146. The van der Waals surface area contributed by atoms with Crippen molar-refractivity contribution in [3.8, 4) is 0 Å². The molecule has 1 amide bonds. The number of hydrogen-bond acceptors (Lipinski definition) is 8. The number of carbonyl (C=O) groups excluding carboxylic acids is 2. The third-order valence-electron chi connectivity index (χ3n) is 13.3. The summed E-state index contributed by atoms with van der Waals surface area (Å²) in [7, 11) is 1.39. The third-order valence-corrected chi connectivity index (χ3v) is 13.3. The molecule has 266 valence electrons. The number of amides is 1. The van der Waals surface area contributed by atoms with Crippen LogP contribution in [-0.2, 0) is 14.3 Å². The summed E-state index contributed by atoms with van der Waals surface area (Å²) in [6.45, 7) is 16.8. The summed E-state index contributed by atoms with van der Waals surface area (Å²) in [4.78, 5) is 24.8. The molecule has 4 aliphatic carbocycles. The second kappa shape index (κ2) is 17.9. The van der Waals surface area contributed by atoms with Gasteiger partial charge in [0.25, 0.3) is 0 Å². The van der Waals surface area contributed by atoms with Crippen molar-refractivity contribution >= 4 is 11.9 Å². The number of nitrogens with one attached hydrogen (secondary N) is 5. The van der Waals surface area contributed by atoms with Gasteiger partial charge in [0.05, 0.1) is 7.11 Å². The minimum atomic E-state index is -0.557. The summed E-state index contributed by atoms with van der Waals surface area (Å²) in [5.74, 6) is 3.87. The lowest BCUT2D eigenvalue weighted by atomic mass is 9.44. The highest BCUT2D eigenvalue weighted by molar-refractivity contribution is 5.84. The highest BCUT2D eigenvalue weighted by Crippen LogP contribution is 2.67. The molecule has 9 heteroatoms. The fourth-order valence-corrected chi connectivity index (χ4v) is 10.6. The number of fused-ring (bicyclic) bond motifs is 5. The predicted octanol–water partition coefficient (Wildman–Crippen LogP) is 3.82. The van der Waals surface area contributed by atoms with Gasteiger partial charge >= 0.3 is 5.97 Å². The molecule has 9 atom stereocenters. The van der Waals surface area contributed by atoms with Gasteiger partial charge in [-0.1, -0.05) is 27.7 Å². The SMILES string of the molecule is COC(=O)C(NC(=O)CCCC1CCC2C3CCC4CC(NCCNCCNCCNCCN)CCC4(C)C3CCC12C)C(C)C. The molecule has 9 nitrogen and oxygen atoms in total. The van der Waals surface area contributed by atoms with Crippen LogP contribution in [0.2, 0.25) is 0 Å². The Morgan fingerprint density at radius 2 is 1.48 bits per heavy atom. The van der Waals surface area contributed by atoms with Gasteiger partial charge < -0.3 is 37.1 Å². The van der Waals surface area contributed by atoms with Crippen molar-refractivity contribution in [2.75, 3.05) is 59.5 Å². The standard InChI is InChI=1S/C37H70N6O3/c1-26(2)34(35(45)46-5)43-33(44)8-6-7-27-10-12-31-30-11-9-28-25-29(13-15-37(28,4)32(30)14-16-36(27,31)3)42-24-23-41-22-21-40-20-19-39-18-17-38/h26-32,34,39-42H,6-25,38H2,1-5H3,(H,43,44). The molecule has 4 saturated carbocycles. The molecule has 0 aliphatic heterocycles. The zero-order chi connectivity index (χ0) is 33.2.